The number of nitrogens with two attached hydrogens (primary N) is 1. The van der Waals surface area contributed by atoms with Crippen LogP contribution in [0, 0.1) is 0 Å². The molecule has 0 fully saturated rings. The molecule has 5 nitrogen and oxygen atoms in total. The maximum Gasteiger partial charge on any atom is 0.311 e. The number of nitrogen functional groups attached to an aromatic ring is 1. The van der Waals surface area contributed by atoms with Gasteiger partial charge in [-0.05, 0) is 36.6 Å². The molecule has 0 aliphatic carbocycles. The van der Waals surface area contributed by atoms with Crippen molar-refractivity contribution in [3.63, 3.8) is 0 Å². The Morgan fingerprint density at radius 1 is 1.37 bits per heavy atom. The average Bonchev–Trinajstić information content (AvgIpc) is 2.34. The molecule has 104 valence electrons. The normalized spacial score (nSPS) is 11.9. The number of carboxylic acid groups (broad SMARTS) is 1. The monoisotopic (exact) mass is 265 g/mol. The fourth-order valence-corrected chi connectivity index (χ4v) is 1.83. The number of esters is 1. The van der Waals surface area contributed by atoms with Gasteiger partial charge in [-0.1, -0.05) is 13.8 Å². The van der Waals surface area contributed by atoms with E-state index in [0.29, 0.717) is 36.3 Å². The van der Waals surface area contributed by atoms with Crippen LogP contribution < -0.4 is 10.5 Å². The average molecular weight is 265 g/mol. The zero-order chi connectivity index (χ0) is 14.4. The van der Waals surface area contributed by atoms with Gasteiger partial charge in [-0.15, -0.1) is 0 Å². The van der Waals surface area contributed by atoms with Crippen LogP contribution in [0.15, 0.2) is 18.2 Å². The highest BCUT2D eigenvalue weighted by Crippen LogP contribution is 2.29. The van der Waals surface area contributed by atoms with Gasteiger partial charge >= 0.3 is 11.9 Å². The SMILES string of the molecule is CCCC(=O)Oc1ccc(N)c(C(CC)C(=O)O)c1. The van der Waals surface area contributed by atoms with Gasteiger partial charge in [0.15, 0.2) is 0 Å². The molecule has 1 unspecified atom stereocenters. The van der Waals surface area contributed by atoms with E-state index in [1.807, 2.05) is 6.92 Å². The molecule has 3 N–H and O–H groups in total. The molecule has 0 aliphatic rings. The van der Waals surface area contributed by atoms with E-state index in [-0.39, 0.29) is 5.97 Å². The van der Waals surface area contributed by atoms with Gasteiger partial charge in [0.1, 0.15) is 5.75 Å². The molecular formula is C14H19NO4. The number of benzene rings is 1. The van der Waals surface area contributed by atoms with Gasteiger partial charge in [-0.3, -0.25) is 9.59 Å². The van der Waals surface area contributed by atoms with Crippen molar-refractivity contribution >= 4 is 17.6 Å². The zero-order valence-corrected chi connectivity index (χ0v) is 11.2. The van der Waals surface area contributed by atoms with Crippen molar-refractivity contribution in [2.24, 2.45) is 0 Å². The lowest BCUT2D eigenvalue weighted by Crippen LogP contribution is -2.13. The topological polar surface area (TPSA) is 89.6 Å². The third-order valence-corrected chi connectivity index (χ3v) is 2.83. The van der Waals surface area contributed by atoms with E-state index < -0.39 is 11.9 Å². The summed E-state index contributed by atoms with van der Waals surface area (Å²) in [6.07, 6.45) is 1.45. The minimum absolute atomic E-state index is 0.329. The zero-order valence-electron chi connectivity index (χ0n) is 11.2. The van der Waals surface area contributed by atoms with Crippen LogP contribution in [0.1, 0.15) is 44.6 Å². The highest BCUT2D eigenvalue weighted by Gasteiger charge is 2.21. The Morgan fingerprint density at radius 2 is 2.05 bits per heavy atom. The molecule has 0 saturated heterocycles. The number of ether oxygens (including phenoxy) is 1. The molecule has 1 aromatic carbocycles. The van der Waals surface area contributed by atoms with Gasteiger partial charge in [0.05, 0.1) is 5.92 Å². The summed E-state index contributed by atoms with van der Waals surface area (Å²) in [4.78, 5) is 22.6. The Kier molecular flexibility index (Phi) is 5.36. The van der Waals surface area contributed by atoms with E-state index >= 15 is 0 Å². The first-order valence-corrected chi connectivity index (χ1v) is 6.32. The van der Waals surface area contributed by atoms with Gasteiger partial charge in [0, 0.05) is 12.1 Å². The number of hydrogen-bond acceptors (Lipinski definition) is 4. The standard InChI is InChI=1S/C14H19NO4/c1-3-5-13(16)19-9-6-7-12(15)11(8-9)10(4-2)14(17)18/h6-8,10H,3-5,15H2,1-2H3,(H,17,18). The maximum atomic E-state index is 11.4. The lowest BCUT2D eigenvalue weighted by atomic mass is 9.95. The molecule has 0 aliphatic heterocycles. The highest BCUT2D eigenvalue weighted by atomic mass is 16.5. The molecular weight excluding hydrogens is 246 g/mol. The highest BCUT2D eigenvalue weighted by molar-refractivity contribution is 5.79. The van der Waals surface area contributed by atoms with E-state index in [2.05, 4.69) is 0 Å². The molecule has 0 saturated carbocycles. The fourth-order valence-electron chi connectivity index (χ4n) is 1.83. The Morgan fingerprint density at radius 3 is 2.58 bits per heavy atom. The van der Waals surface area contributed by atoms with Crippen LogP contribution in [0.3, 0.4) is 0 Å². The van der Waals surface area contributed by atoms with Crippen molar-refractivity contribution < 1.29 is 19.4 Å². The largest absolute Gasteiger partial charge is 0.481 e. The van der Waals surface area contributed by atoms with Crippen molar-refractivity contribution in [3.05, 3.63) is 23.8 Å². The van der Waals surface area contributed by atoms with Crippen molar-refractivity contribution in [3.8, 4) is 5.75 Å². The van der Waals surface area contributed by atoms with Gasteiger partial charge in [0.25, 0.3) is 0 Å². The summed E-state index contributed by atoms with van der Waals surface area (Å²) in [5.74, 6) is -1.62. The van der Waals surface area contributed by atoms with Crippen molar-refractivity contribution in [2.45, 2.75) is 39.0 Å². The van der Waals surface area contributed by atoms with Crippen LogP contribution >= 0.6 is 0 Å². The van der Waals surface area contributed by atoms with Gasteiger partial charge in [-0.2, -0.15) is 0 Å². The van der Waals surface area contributed by atoms with E-state index in [0.717, 1.165) is 0 Å². The second-order valence-electron chi connectivity index (χ2n) is 4.31. The number of rotatable bonds is 6. The first kappa shape index (κ1) is 15.0. The minimum Gasteiger partial charge on any atom is -0.481 e. The predicted molar refractivity (Wildman–Crippen MR) is 72.1 cm³/mol. The van der Waals surface area contributed by atoms with Gasteiger partial charge < -0.3 is 15.6 Å². The smallest absolute Gasteiger partial charge is 0.311 e. The van der Waals surface area contributed by atoms with E-state index in [9.17, 15) is 9.59 Å². The minimum atomic E-state index is -0.939. The Labute approximate surface area is 112 Å². The molecule has 0 spiro atoms. The summed E-state index contributed by atoms with van der Waals surface area (Å²) in [6.45, 7) is 3.65. The van der Waals surface area contributed by atoms with Crippen LogP contribution in [0.25, 0.3) is 0 Å². The van der Waals surface area contributed by atoms with E-state index in [1.165, 1.54) is 6.07 Å². The second-order valence-corrected chi connectivity index (χ2v) is 4.31. The Bertz CT molecular complexity index is 471. The number of anilines is 1. The fraction of sp³-hybridized carbons (Fsp3) is 0.429. The molecule has 0 bridgehead atoms. The Balaban J connectivity index is 2.99. The van der Waals surface area contributed by atoms with Crippen LogP contribution in [-0.2, 0) is 9.59 Å². The molecule has 1 atom stereocenters. The summed E-state index contributed by atoms with van der Waals surface area (Å²) in [6, 6.07) is 4.67. The maximum absolute atomic E-state index is 11.4. The summed E-state index contributed by atoms with van der Waals surface area (Å²) in [5, 5.41) is 9.14. The summed E-state index contributed by atoms with van der Waals surface area (Å²) in [7, 11) is 0. The second kappa shape index (κ2) is 6.78. The van der Waals surface area contributed by atoms with Crippen LogP contribution in [-0.4, -0.2) is 17.0 Å². The summed E-state index contributed by atoms with van der Waals surface area (Å²) >= 11 is 0. The molecule has 1 aromatic rings. The molecule has 0 heterocycles. The number of hydrogen-bond donors (Lipinski definition) is 2. The predicted octanol–water partition coefficient (Wildman–Crippen LogP) is 2.55. The van der Waals surface area contributed by atoms with Crippen LogP contribution in [0.4, 0.5) is 5.69 Å². The van der Waals surface area contributed by atoms with Gasteiger partial charge in [0.2, 0.25) is 0 Å². The number of carbonyl (C=O) groups excluding carboxylic acids is 1. The van der Waals surface area contributed by atoms with Crippen LogP contribution in [0.5, 0.6) is 5.75 Å². The molecule has 1 rings (SSSR count). The molecule has 0 aromatic heterocycles. The molecule has 0 amide bonds. The van der Waals surface area contributed by atoms with E-state index in [1.54, 1.807) is 19.1 Å². The quantitative estimate of drug-likeness (QED) is 0.468. The number of carboxylic acids is 1. The van der Waals surface area contributed by atoms with Crippen molar-refractivity contribution in [1.82, 2.24) is 0 Å². The third-order valence-electron chi connectivity index (χ3n) is 2.83. The van der Waals surface area contributed by atoms with Crippen molar-refractivity contribution in [1.29, 1.82) is 0 Å². The van der Waals surface area contributed by atoms with E-state index in [4.69, 9.17) is 15.6 Å². The summed E-state index contributed by atoms with van der Waals surface area (Å²) in [5.41, 5.74) is 6.67. The van der Waals surface area contributed by atoms with Crippen LogP contribution in [0.2, 0.25) is 0 Å². The number of aliphatic carboxylic acids is 1. The van der Waals surface area contributed by atoms with Crippen molar-refractivity contribution in [2.75, 3.05) is 5.73 Å². The molecule has 0 radical (unpaired) electrons. The first-order chi connectivity index (χ1) is 8.99. The third kappa shape index (κ3) is 3.98. The first-order valence-electron chi connectivity index (χ1n) is 6.32. The lowest BCUT2D eigenvalue weighted by molar-refractivity contribution is -0.138. The Hall–Kier alpha value is -2.04. The molecule has 19 heavy (non-hydrogen) atoms. The number of carbonyl (C=O) groups is 2. The lowest BCUT2D eigenvalue weighted by Gasteiger charge is -2.14. The van der Waals surface area contributed by atoms with Gasteiger partial charge in [-0.25, -0.2) is 0 Å². The summed E-state index contributed by atoms with van der Waals surface area (Å²) < 4.78 is 5.14. The molecule has 5 heteroatoms.